The van der Waals surface area contributed by atoms with Crippen LogP contribution in [-0.2, 0) is 14.9 Å². The van der Waals surface area contributed by atoms with Gasteiger partial charge in [0.1, 0.15) is 12.2 Å². The summed E-state index contributed by atoms with van der Waals surface area (Å²) in [4.78, 5) is 0. The van der Waals surface area contributed by atoms with Crippen LogP contribution in [0.4, 0.5) is 5.69 Å². The molecule has 0 spiro atoms. The second-order valence-corrected chi connectivity index (χ2v) is 8.61. The highest BCUT2D eigenvalue weighted by molar-refractivity contribution is 8.02. The second-order valence-electron chi connectivity index (χ2n) is 7.67. The third kappa shape index (κ3) is 2.81. The molecule has 1 aromatic carbocycles. The first-order valence-electron chi connectivity index (χ1n) is 8.46. The molecule has 1 unspecified atom stereocenters. The summed E-state index contributed by atoms with van der Waals surface area (Å²) in [5.41, 5.74) is 3.95. The Bertz CT molecular complexity index is 622. The molecular weight excluding hydrogens is 306 g/mol. The lowest BCUT2D eigenvalue weighted by Crippen LogP contribution is -2.51. The molecule has 4 rings (SSSR count). The lowest BCUT2D eigenvalue weighted by Gasteiger charge is -2.45. The van der Waals surface area contributed by atoms with Crippen LogP contribution < -0.4 is 5.32 Å². The van der Waals surface area contributed by atoms with Crippen molar-refractivity contribution < 1.29 is 9.47 Å². The SMILES string of the molecule is CC(C)(C)c1ccc2c(c1)[C@H]1OCCO[C@H]1[C@H](C1C=CSC1)N2. The smallest absolute Gasteiger partial charge is 0.113 e. The Hall–Kier alpha value is -0.970. The minimum atomic E-state index is 0.0475. The number of benzene rings is 1. The average Bonchev–Trinajstić information content (AvgIpc) is 3.07. The minimum Gasteiger partial charge on any atom is -0.379 e. The van der Waals surface area contributed by atoms with Crippen molar-refractivity contribution in [3.8, 4) is 0 Å². The number of hydrogen-bond donors (Lipinski definition) is 1. The Morgan fingerprint density at radius 1 is 1.17 bits per heavy atom. The molecule has 0 aliphatic carbocycles. The van der Waals surface area contributed by atoms with E-state index in [0.29, 0.717) is 25.2 Å². The predicted molar refractivity (Wildman–Crippen MR) is 96.1 cm³/mol. The van der Waals surface area contributed by atoms with Gasteiger partial charge >= 0.3 is 0 Å². The van der Waals surface area contributed by atoms with E-state index in [1.54, 1.807) is 0 Å². The summed E-state index contributed by atoms with van der Waals surface area (Å²) < 4.78 is 12.3. The highest BCUT2D eigenvalue weighted by Gasteiger charge is 2.43. The van der Waals surface area contributed by atoms with Crippen molar-refractivity contribution in [2.24, 2.45) is 5.92 Å². The number of hydrogen-bond acceptors (Lipinski definition) is 4. The molecule has 0 bridgehead atoms. The summed E-state index contributed by atoms with van der Waals surface area (Å²) in [5, 5.41) is 5.96. The summed E-state index contributed by atoms with van der Waals surface area (Å²) in [6.45, 7) is 8.14. The first kappa shape index (κ1) is 15.6. The quantitative estimate of drug-likeness (QED) is 0.839. The van der Waals surface area contributed by atoms with Crippen LogP contribution in [0.5, 0.6) is 0 Å². The Morgan fingerprint density at radius 2 is 2.00 bits per heavy atom. The molecule has 23 heavy (non-hydrogen) atoms. The lowest BCUT2D eigenvalue weighted by molar-refractivity contribution is -0.153. The monoisotopic (exact) mass is 331 g/mol. The van der Waals surface area contributed by atoms with Gasteiger partial charge in [-0.15, -0.1) is 11.8 Å². The Labute approximate surface area is 142 Å². The van der Waals surface area contributed by atoms with Crippen molar-refractivity contribution in [1.82, 2.24) is 0 Å². The van der Waals surface area contributed by atoms with E-state index in [9.17, 15) is 0 Å². The van der Waals surface area contributed by atoms with Crippen molar-refractivity contribution in [3.63, 3.8) is 0 Å². The molecule has 0 radical (unpaired) electrons. The van der Waals surface area contributed by atoms with Crippen molar-refractivity contribution in [3.05, 3.63) is 40.8 Å². The van der Waals surface area contributed by atoms with E-state index in [2.05, 4.69) is 55.8 Å². The topological polar surface area (TPSA) is 30.5 Å². The van der Waals surface area contributed by atoms with E-state index in [0.717, 1.165) is 5.75 Å². The van der Waals surface area contributed by atoms with Crippen molar-refractivity contribution in [2.75, 3.05) is 24.3 Å². The number of rotatable bonds is 1. The first-order valence-corrected chi connectivity index (χ1v) is 9.51. The van der Waals surface area contributed by atoms with E-state index >= 15 is 0 Å². The summed E-state index contributed by atoms with van der Waals surface area (Å²) in [5.74, 6) is 1.63. The van der Waals surface area contributed by atoms with Gasteiger partial charge in [-0.3, -0.25) is 0 Å². The van der Waals surface area contributed by atoms with Gasteiger partial charge in [-0.05, 0) is 22.5 Å². The fraction of sp³-hybridized carbons (Fsp3) is 0.579. The molecule has 3 aliphatic heterocycles. The van der Waals surface area contributed by atoms with Crippen LogP contribution in [0.25, 0.3) is 0 Å². The van der Waals surface area contributed by atoms with Crippen molar-refractivity contribution in [2.45, 2.75) is 44.4 Å². The van der Waals surface area contributed by atoms with Crippen LogP contribution in [0.15, 0.2) is 29.7 Å². The Morgan fingerprint density at radius 3 is 2.74 bits per heavy atom. The molecule has 124 valence electrons. The van der Waals surface area contributed by atoms with Crippen molar-refractivity contribution in [1.29, 1.82) is 0 Å². The molecule has 0 aromatic heterocycles. The number of thioether (sulfide) groups is 1. The van der Waals surface area contributed by atoms with E-state index in [1.807, 2.05) is 11.8 Å². The molecular formula is C19H25NO2S. The number of fused-ring (bicyclic) bond motifs is 3. The summed E-state index contributed by atoms with van der Waals surface area (Å²) in [6, 6.07) is 7.07. The molecule has 1 saturated heterocycles. The highest BCUT2D eigenvalue weighted by atomic mass is 32.2. The largest absolute Gasteiger partial charge is 0.379 e. The third-order valence-corrected chi connectivity index (χ3v) is 5.99. The first-order chi connectivity index (χ1) is 11.0. The molecule has 1 aromatic rings. The molecule has 0 amide bonds. The number of nitrogens with one attached hydrogen (secondary N) is 1. The van der Waals surface area contributed by atoms with Gasteiger partial charge in [-0.1, -0.05) is 39.0 Å². The molecule has 0 saturated carbocycles. The van der Waals surface area contributed by atoms with E-state index in [1.165, 1.54) is 16.8 Å². The minimum absolute atomic E-state index is 0.0475. The zero-order valence-electron chi connectivity index (χ0n) is 14.0. The van der Waals surface area contributed by atoms with Crippen LogP contribution >= 0.6 is 11.8 Å². The average molecular weight is 331 g/mol. The van der Waals surface area contributed by atoms with Gasteiger partial charge in [-0.2, -0.15) is 0 Å². The van der Waals surface area contributed by atoms with Gasteiger partial charge < -0.3 is 14.8 Å². The Kier molecular flexibility index (Phi) is 3.94. The molecule has 3 aliphatic rings. The van der Waals surface area contributed by atoms with E-state index in [-0.39, 0.29) is 17.6 Å². The number of anilines is 1. The van der Waals surface area contributed by atoms with E-state index < -0.39 is 0 Å². The van der Waals surface area contributed by atoms with Crippen molar-refractivity contribution >= 4 is 17.4 Å². The maximum absolute atomic E-state index is 6.17. The second kappa shape index (κ2) is 5.83. The summed E-state index contributed by atoms with van der Waals surface area (Å²) in [6.07, 6.45) is 2.46. The van der Waals surface area contributed by atoms with Gasteiger partial charge in [0.05, 0.1) is 19.3 Å². The summed E-state index contributed by atoms with van der Waals surface area (Å²) >= 11 is 1.89. The van der Waals surface area contributed by atoms with Crippen LogP contribution in [-0.4, -0.2) is 31.1 Å². The van der Waals surface area contributed by atoms with Crippen LogP contribution in [0.3, 0.4) is 0 Å². The molecule has 1 fully saturated rings. The molecule has 1 N–H and O–H groups in total. The van der Waals surface area contributed by atoms with Gasteiger partial charge in [0.2, 0.25) is 0 Å². The van der Waals surface area contributed by atoms with Crippen LogP contribution in [0.2, 0.25) is 0 Å². The fourth-order valence-electron chi connectivity index (χ4n) is 3.71. The normalized spacial score (nSPS) is 33.0. The van der Waals surface area contributed by atoms with Crippen LogP contribution in [0, 0.1) is 5.92 Å². The third-order valence-electron chi connectivity index (χ3n) is 5.06. The zero-order valence-corrected chi connectivity index (χ0v) is 14.9. The fourth-order valence-corrected chi connectivity index (χ4v) is 4.68. The number of ether oxygens (including phenoxy) is 2. The van der Waals surface area contributed by atoms with Gasteiger partial charge in [0, 0.05) is 22.9 Å². The van der Waals surface area contributed by atoms with E-state index in [4.69, 9.17) is 9.47 Å². The maximum atomic E-state index is 6.17. The Balaban J connectivity index is 1.73. The van der Waals surface area contributed by atoms with Gasteiger partial charge in [0.15, 0.2) is 0 Å². The standard InChI is InChI=1S/C19H25NO2S/c1-19(2,3)13-4-5-15-14(10-13)17-18(22-8-7-21-17)16(20-15)12-6-9-23-11-12/h4-6,9-10,12,16-18,20H,7-8,11H2,1-3H3/t12?,16-,17+,18-/m0/s1. The molecule has 4 atom stereocenters. The molecule has 4 heteroatoms. The highest BCUT2D eigenvalue weighted by Crippen LogP contribution is 2.43. The van der Waals surface area contributed by atoms with Crippen LogP contribution in [0.1, 0.15) is 38.0 Å². The lowest BCUT2D eigenvalue weighted by atomic mass is 9.81. The predicted octanol–water partition coefficient (Wildman–Crippen LogP) is 4.11. The van der Waals surface area contributed by atoms with Gasteiger partial charge in [-0.25, -0.2) is 0 Å². The summed E-state index contributed by atoms with van der Waals surface area (Å²) in [7, 11) is 0. The zero-order chi connectivity index (χ0) is 16.0. The maximum Gasteiger partial charge on any atom is 0.113 e. The van der Waals surface area contributed by atoms with Gasteiger partial charge in [0.25, 0.3) is 0 Å². The molecule has 3 nitrogen and oxygen atoms in total. The molecule has 3 heterocycles.